The van der Waals surface area contributed by atoms with Crippen LogP contribution in [0.5, 0.6) is 0 Å². The predicted molar refractivity (Wildman–Crippen MR) is 196 cm³/mol. The zero-order valence-corrected chi connectivity index (χ0v) is 30.4. The Morgan fingerprint density at radius 2 is 1.32 bits per heavy atom. The van der Waals surface area contributed by atoms with Crippen LogP contribution < -0.4 is 34.9 Å². The van der Waals surface area contributed by atoms with Crippen molar-refractivity contribution >= 4 is 81.8 Å². The van der Waals surface area contributed by atoms with Crippen LogP contribution in [0.4, 0.5) is 20.2 Å². The average molecular weight is 785 g/mol. The number of ether oxygens (including phenoxy) is 2. The molecule has 0 saturated heterocycles. The molecule has 0 heterocycles. The third-order valence-electron chi connectivity index (χ3n) is 5.56. The molecule has 0 aliphatic carbocycles. The number of hydrogen-bond donors (Lipinski definition) is 1. The normalized spacial score (nSPS) is 12.6. The second-order valence-electron chi connectivity index (χ2n) is 8.88. The molecule has 1 N–H and O–H groups in total. The van der Waals surface area contributed by atoms with E-state index >= 15 is 0 Å². The summed E-state index contributed by atoms with van der Waals surface area (Å²) >= 11 is 6.69. The van der Waals surface area contributed by atoms with E-state index in [1.165, 1.54) is 62.8 Å². The fraction of sp³-hybridized carbons (Fsp3) is 0.114. The van der Waals surface area contributed by atoms with Crippen LogP contribution in [0.25, 0.3) is 12.2 Å². The first-order valence-electron chi connectivity index (χ1n) is 15.8. The van der Waals surface area contributed by atoms with Gasteiger partial charge in [0.25, 0.3) is 0 Å². The van der Waals surface area contributed by atoms with Crippen LogP contribution in [0.15, 0.2) is 111 Å². The number of carbonyl (C=O) groups excluding carboxylic acids is 2. The van der Waals surface area contributed by atoms with Crippen LogP contribution in [0.3, 0.4) is 0 Å². The van der Waals surface area contributed by atoms with Crippen LogP contribution in [-0.4, -0.2) is 46.0 Å². The maximum Gasteiger partial charge on any atom is 1.00 e. The molecule has 0 saturated carbocycles. The third-order valence-corrected chi connectivity index (χ3v) is 6.62. The van der Waals surface area contributed by atoms with Crippen LogP contribution in [-0.2, 0) is 25.6 Å². The SMILES string of the molecule is C.COC(=O)/C=C/c1cc(F)cc(N=Cc2ccc(Br)cc2)c1.[2H]C(Nc1cc(F)cc(/C=C/C(=O)OC)c1)c1ccc(Br)cc1.[2H][B-]([2H])([2H])[2H].[Na+]. The number of hydrogen-bond acceptors (Lipinski definition) is 6. The van der Waals surface area contributed by atoms with E-state index in [-0.39, 0.29) is 37.0 Å². The Morgan fingerprint density at radius 1 is 0.830 bits per heavy atom. The molecule has 1 unspecified atom stereocenters. The molecule has 12 heteroatoms. The third kappa shape index (κ3) is 16.9. The van der Waals surface area contributed by atoms with Crippen LogP contribution in [0.1, 0.15) is 31.1 Å². The molecular weight excluding hydrogens is 744 g/mol. The van der Waals surface area contributed by atoms with Gasteiger partial charge in [-0.2, -0.15) is 0 Å². The van der Waals surface area contributed by atoms with E-state index in [4.69, 9.17) is 6.71 Å². The smallest absolute Gasteiger partial charge is 0.466 e. The number of halogens is 4. The fourth-order valence-corrected chi connectivity index (χ4v) is 3.98. The molecule has 0 aliphatic heterocycles. The van der Waals surface area contributed by atoms with Crippen molar-refractivity contribution in [1.82, 2.24) is 0 Å². The Kier molecular flexibility index (Phi) is 17.2. The first-order chi connectivity index (χ1) is 23.5. The molecule has 0 radical (unpaired) electrons. The zero-order chi connectivity index (χ0) is 37.3. The van der Waals surface area contributed by atoms with E-state index in [1.807, 2.05) is 48.5 Å². The topological polar surface area (TPSA) is 77.0 Å². The van der Waals surface area contributed by atoms with Gasteiger partial charge in [-0.1, -0.05) is 71.8 Å². The van der Waals surface area contributed by atoms with Crippen molar-refractivity contribution < 1.29 is 58.8 Å². The molecule has 4 rings (SSSR count). The minimum absolute atomic E-state index is 0. The van der Waals surface area contributed by atoms with Gasteiger partial charge in [0.05, 0.1) is 21.3 Å². The molecule has 242 valence electrons. The quantitative estimate of drug-likeness (QED) is 0.111. The summed E-state index contributed by atoms with van der Waals surface area (Å²) in [5, 5.41) is 2.92. The van der Waals surface area contributed by atoms with Crippen molar-refractivity contribution in [2.45, 2.75) is 13.9 Å². The van der Waals surface area contributed by atoms with Gasteiger partial charge in [-0.3, -0.25) is 4.99 Å². The van der Waals surface area contributed by atoms with Gasteiger partial charge in [0.2, 0.25) is 0 Å². The molecular formula is C35H36BBr2F2N2NaO4. The molecule has 4 aromatic carbocycles. The maximum atomic E-state index is 13.7. The summed E-state index contributed by atoms with van der Waals surface area (Å²) in [7, 11) is -0.444. The molecule has 0 amide bonds. The summed E-state index contributed by atoms with van der Waals surface area (Å²) in [4.78, 5) is 26.4. The number of nitrogens with zero attached hydrogens (tertiary/aromatic N) is 1. The number of benzene rings is 4. The molecule has 0 aliphatic rings. The van der Waals surface area contributed by atoms with Crippen molar-refractivity contribution in [3.63, 3.8) is 0 Å². The van der Waals surface area contributed by atoms with Gasteiger partial charge in [0.15, 0.2) is 0 Å². The first kappa shape index (κ1) is 35.0. The second-order valence-corrected chi connectivity index (χ2v) is 10.7. The Morgan fingerprint density at radius 3 is 1.85 bits per heavy atom. The number of aliphatic imine (C=N–C) groups is 1. The van der Waals surface area contributed by atoms with Crippen LogP contribution in [0, 0.1) is 11.6 Å². The monoisotopic (exact) mass is 783 g/mol. The van der Waals surface area contributed by atoms with Gasteiger partial charge >= 0.3 is 41.5 Å². The molecule has 0 fully saturated rings. The van der Waals surface area contributed by atoms with E-state index in [1.54, 1.807) is 18.3 Å². The standard InChI is InChI=1S/C17H15BrFNO2.C17H13BrFNO2.CH4.BH4.Na/c2*1-22-17(21)7-4-13-8-15(19)10-16(9-13)20-11-12-2-5-14(18)6-3-12;;;/h2-10,20H,11H2,1H3;2-11H,1H3;2*1H4;/q;;;-1;+1/b7-4+;7-4+,20-11?;;;/i11D;;;1D4;. The molecule has 1 atom stereocenters. The summed E-state index contributed by atoms with van der Waals surface area (Å²) in [5.41, 5.74) is 3.61. The summed E-state index contributed by atoms with van der Waals surface area (Å²) in [6.07, 6.45) is 7.03. The Hall–Kier alpha value is -3.35. The molecule has 0 bridgehead atoms. The van der Waals surface area contributed by atoms with Crippen molar-refractivity contribution in [2.75, 3.05) is 19.5 Å². The van der Waals surface area contributed by atoms with E-state index in [0.717, 1.165) is 20.1 Å². The second kappa shape index (κ2) is 23.1. The minimum Gasteiger partial charge on any atom is -0.466 e. The largest absolute Gasteiger partial charge is 1.00 e. The Bertz CT molecular complexity index is 1810. The number of nitrogens with one attached hydrogen (secondary N) is 1. The van der Waals surface area contributed by atoms with Crippen molar-refractivity contribution in [3.8, 4) is 0 Å². The minimum atomic E-state index is -3.00. The Balaban J connectivity index is 0.000000856. The predicted octanol–water partition coefficient (Wildman–Crippen LogP) is 5.10. The van der Waals surface area contributed by atoms with Gasteiger partial charge < -0.3 is 14.8 Å². The summed E-state index contributed by atoms with van der Waals surface area (Å²) < 4.78 is 70.3. The first-order valence-corrected chi connectivity index (χ1v) is 14.5. The van der Waals surface area contributed by atoms with E-state index < -0.39 is 38.4 Å². The maximum absolute atomic E-state index is 13.7. The van der Waals surface area contributed by atoms with Gasteiger partial charge in [0.1, 0.15) is 11.6 Å². The van der Waals surface area contributed by atoms with Gasteiger partial charge in [-0.25, -0.2) is 23.7 Å². The van der Waals surface area contributed by atoms with Gasteiger partial charge in [-0.15, -0.1) is 0 Å². The average Bonchev–Trinajstić information content (AvgIpc) is 3.05. The van der Waals surface area contributed by atoms with E-state index in [2.05, 4.69) is 51.6 Å². The zero-order valence-electron chi connectivity index (χ0n) is 30.2. The molecule has 4 aromatic rings. The van der Waals surface area contributed by atoms with E-state index in [0.29, 0.717) is 22.5 Å². The summed E-state index contributed by atoms with van der Waals surface area (Å²) in [6.45, 7) is -0.734. The number of anilines is 1. The molecule has 6 nitrogen and oxygen atoms in total. The molecule has 0 spiro atoms. The van der Waals surface area contributed by atoms with Crippen molar-refractivity contribution in [2.24, 2.45) is 4.99 Å². The number of rotatable bonds is 9. The van der Waals surface area contributed by atoms with Crippen molar-refractivity contribution in [1.29, 1.82) is 5.34 Å². The summed E-state index contributed by atoms with van der Waals surface area (Å²) in [6, 6.07) is 23.5. The number of carbonyl (C=O) groups is 2. The summed E-state index contributed by atoms with van der Waals surface area (Å²) in [5.74, 6) is -1.89. The number of methoxy groups -OCH3 is 2. The van der Waals surface area contributed by atoms with Crippen LogP contribution >= 0.6 is 31.9 Å². The fourth-order valence-electron chi connectivity index (χ4n) is 3.45. The Labute approximate surface area is 322 Å². The molecule has 0 aromatic heterocycles. The van der Waals surface area contributed by atoms with Crippen molar-refractivity contribution in [3.05, 3.63) is 140 Å². The van der Waals surface area contributed by atoms with Crippen LogP contribution in [0.2, 0.25) is 0 Å². The number of esters is 2. The van der Waals surface area contributed by atoms with Gasteiger partial charge in [-0.05, 0) is 95.1 Å². The molecule has 47 heavy (non-hydrogen) atoms. The van der Waals surface area contributed by atoms with Gasteiger partial charge in [0, 0.05) is 39.5 Å². The van der Waals surface area contributed by atoms with E-state index in [9.17, 15) is 18.4 Å².